The van der Waals surface area contributed by atoms with E-state index in [1.54, 1.807) is 11.8 Å². The van der Waals surface area contributed by atoms with Gasteiger partial charge >= 0.3 is 12.0 Å². The molecule has 6 nitrogen and oxygen atoms in total. The van der Waals surface area contributed by atoms with Crippen molar-refractivity contribution in [3.63, 3.8) is 0 Å². The zero-order valence-corrected chi connectivity index (χ0v) is 12.8. The number of aliphatic carboxylic acids is 1. The Hall–Kier alpha value is -1.30. The predicted molar refractivity (Wildman–Crippen MR) is 77.7 cm³/mol. The molecule has 0 spiro atoms. The minimum absolute atomic E-state index is 0.0204. The monoisotopic (exact) mass is 285 g/mol. The lowest BCUT2D eigenvalue weighted by Gasteiger charge is -2.31. The van der Waals surface area contributed by atoms with Gasteiger partial charge in [0.2, 0.25) is 0 Å². The highest BCUT2D eigenvalue weighted by molar-refractivity contribution is 5.75. The van der Waals surface area contributed by atoms with Crippen molar-refractivity contribution in [1.29, 1.82) is 0 Å². The first kappa shape index (κ1) is 16.8. The molecule has 20 heavy (non-hydrogen) atoms. The van der Waals surface area contributed by atoms with Gasteiger partial charge in [-0.3, -0.25) is 4.79 Å². The molecule has 1 heterocycles. The van der Waals surface area contributed by atoms with Crippen molar-refractivity contribution in [2.75, 3.05) is 33.2 Å². The molecule has 1 aliphatic rings. The Bertz CT molecular complexity index is 336. The number of carbonyl (C=O) groups excluding carboxylic acids is 1. The van der Waals surface area contributed by atoms with Gasteiger partial charge in [0.25, 0.3) is 0 Å². The molecule has 116 valence electrons. The van der Waals surface area contributed by atoms with E-state index in [1.165, 1.54) is 6.42 Å². The van der Waals surface area contributed by atoms with E-state index in [9.17, 15) is 9.59 Å². The number of carboxylic acids is 1. The number of carboxylic acid groups (broad SMARTS) is 1. The molecule has 0 aliphatic carbocycles. The van der Waals surface area contributed by atoms with Crippen LogP contribution in [0.4, 0.5) is 4.79 Å². The molecule has 2 atom stereocenters. The molecular weight excluding hydrogens is 258 g/mol. The number of rotatable bonds is 6. The van der Waals surface area contributed by atoms with Crippen LogP contribution in [0.5, 0.6) is 0 Å². The summed E-state index contributed by atoms with van der Waals surface area (Å²) in [6.45, 7) is 6.96. The lowest BCUT2D eigenvalue weighted by molar-refractivity contribution is -0.138. The second-order valence-electron chi connectivity index (χ2n) is 5.69. The summed E-state index contributed by atoms with van der Waals surface area (Å²) in [4.78, 5) is 26.7. The molecule has 1 fully saturated rings. The third-order valence-electron chi connectivity index (χ3n) is 3.87. The smallest absolute Gasteiger partial charge is 0.317 e. The van der Waals surface area contributed by atoms with Crippen LogP contribution in [0.3, 0.4) is 0 Å². The number of nitrogens with one attached hydrogen (secondary N) is 1. The second kappa shape index (κ2) is 8.09. The second-order valence-corrected chi connectivity index (χ2v) is 5.69. The maximum atomic E-state index is 12.1. The quantitative estimate of drug-likeness (QED) is 0.769. The van der Waals surface area contributed by atoms with Gasteiger partial charge in [0.15, 0.2) is 0 Å². The van der Waals surface area contributed by atoms with E-state index >= 15 is 0 Å². The lowest BCUT2D eigenvalue weighted by atomic mass is 9.98. The van der Waals surface area contributed by atoms with Crippen molar-refractivity contribution < 1.29 is 14.7 Å². The van der Waals surface area contributed by atoms with Crippen LogP contribution in [-0.2, 0) is 4.79 Å². The molecule has 0 radical (unpaired) electrons. The van der Waals surface area contributed by atoms with Gasteiger partial charge in [0, 0.05) is 25.7 Å². The Labute approximate surface area is 121 Å². The SMILES string of the molecule is CCN(C(=O)NCC1CCCN(C)C1)C(C)CC(=O)O. The molecule has 0 bridgehead atoms. The summed E-state index contributed by atoms with van der Waals surface area (Å²) in [5.41, 5.74) is 0. The Morgan fingerprint density at radius 2 is 2.20 bits per heavy atom. The predicted octanol–water partition coefficient (Wildman–Crippen LogP) is 1.22. The average molecular weight is 285 g/mol. The summed E-state index contributed by atoms with van der Waals surface area (Å²) >= 11 is 0. The van der Waals surface area contributed by atoms with Crippen LogP contribution in [-0.4, -0.2) is 66.2 Å². The summed E-state index contributed by atoms with van der Waals surface area (Å²) in [5, 5.41) is 11.8. The van der Waals surface area contributed by atoms with Crippen LogP contribution < -0.4 is 5.32 Å². The minimum Gasteiger partial charge on any atom is -0.481 e. The Balaban J connectivity index is 2.40. The molecule has 2 N–H and O–H groups in total. The fourth-order valence-corrected chi connectivity index (χ4v) is 2.79. The normalized spacial score (nSPS) is 21.2. The summed E-state index contributed by atoms with van der Waals surface area (Å²) in [5.74, 6) is -0.385. The number of carbonyl (C=O) groups is 2. The molecule has 2 amide bonds. The number of urea groups is 1. The first-order chi connectivity index (χ1) is 9.43. The van der Waals surface area contributed by atoms with Crippen molar-refractivity contribution in [2.45, 2.75) is 39.2 Å². The van der Waals surface area contributed by atoms with Gasteiger partial charge in [-0.2, -0.15) is 0 Å². The van der Waals surface area contributed by atoms with Gasteiger partial charge in [0.1, 0.15) is 0 Å². The first-order valence-corrected chi connectivity index (χ1v) is 7.38. The molecule has 0 aromatic rings. The van der Waals surface area contributed by atoms with Crippen molar-refractivity contribution in [3.05, 3.63) is 0 Å². The van der Waals surface area contributed by atoms with Crippen LogP contribution in [0.1, 0.15) is 33.1 Å². The summed E-state index contributed by atoms with van der Waals surface area (Å²) in [7, 11) is 2.10. The maximum Gasteiger partial charge on any atom is 0.317 e. The van der Waals surface area contributed by atoms with Gasteiger partial charge < -0.3 is 20.2 Å². The van der Waals surface area contributed by atoms with Crippen LogP contribution in [0.15, 0.2) is 0 Å². The molecule has 0 aromatic carbocycles. The third-order valence-corrected chi connectivity index (χ3v) is 3.87. The van der Waals surface area contributed by atoms with E-state index in [-0.39, 0.29) is 18.5 Å². The molecule has 1 aliphatic heterocycles. The number of likely N-dealkylation sites (tertiary alicyclic amines) is 1. The topological polar surface area (TPSA) is 72.9 Å². The zero-order valence-electron chi connectivity index (χ0n) is 12.8. The van der Waals surface area contributed by atoms with Gasteiger partial charge in [-0.05, 0) is 46.2 Å². The number of hydrogen-bond donors (Lipinski definition) is 2. The molecule has 0 saturated carbocycles. The van der Waals surface area contributed by atoms with Crippen molar-refractivity contribution in [2.24, 2.45) is 5.92 Å². The molecule has 1 saturated heterocycles. The van der Waals surface area contributed by atoms with Gasteiger partial charge in [-0.15, -0.1) is 0 Å². The molecule has 2 unspecified atom stereocenters. The number of piperidine rings is 1. The van der Waals surface area contributed by atoms with Crippen LogP contribution in [0.25, 0.3) is 0 Å². The average Bonchev–Trinajstić information content (AvgIpc) is 2.36. The van der Waals surface area contributed by atoms with Gasteiger partial charge in [0.05, 0.1) is 6.42 Å². The molecule has 1 rings (SSSR count). The summed E-state index contributed by atoms with van der Waals surface area (Å²) in [6.07, 6.45) is 2.29. The number of nitrogens with zero attached hydrogens (tertiary/aromatic N) is 2. The zero-order chi connectivity index (χ0) is 15.1. The number of amides is 2. The Kier molecular flexibility index (Phi) is 6.78. The Morgan fingerprint density at radius 1 is 1.50 bits per heavy atom. The van der Waals surface area contributed by atoms with Crippen LogP contribution in [0.2, 0.25) is 0 Å². The third kappa shape index (κ3) is 5.36. The van der Waals surface area contributed by atoms with Crippen molar-refractivity contribution in [1.82, 2.24) is 15.1 Å². The van der Waals surface area contributed by atoms with Crippen molar-refractivity contribution in [3.8, 4) is 0 Å². The van der Waals surface area contributed by atoms with Crippen molar-refractivity contribution >= 4 is 12.0 Å². The van der Waals surface area contributed by atoms with E-state index in [0.29, 0.717) is 19.0 Å². The molecule has 6 heteroatoms. The fraction of sp³-hybridized carbons (Fsp3) is 0.857. The highest BCUT2D eigenvalue weighted by Gasteiger charge is 2.22. The maximum absolute atomic E-state index is 12.1. The van der Waals surface area contributed by atoms with Crippen LogP contribution in [0, 0.1) is 5.92 Å². The van der Waals surface area contributed by atoms with E-state index in [4.69, 9.17) is 5.11 Å². The first-order valence-electron chi connectivity index (χ1n) is 7.38. The summed E-state index contributed by atoms with van der Waals surface area (Å²) < 4.78 is 0. The van der Waals surface area contributed by atoms with E-state index in [0.717, 1.165) is 19.5 Å². The Morgan fingerprint density at radius 3 is 2.75 bits per heavy atom. The minimum atomic E-state index is -0.877. The highest BCUT2D eigenvalue weighted by Crippen LogP contribution is 2.14. The van der Waals surface area contributed by atoms with E-state index < -0.39 is 5.97 Å². The largest absolute Gasteiger partial charge is 0.481 e. The van der Waals surface area contributed by atoms with Crippen LogP contribution >= 0.6 is 0 Å². The molecule has 0 aromatic heterocycles. The standard InChI is InChI=1S/C14H27N3O3/c1-4-17(11(2)8-13(18)19)14(20)15-9-12-6-5-7-16(3)10-12/h11-12H,4-10H2,1-3H3,(H,15,20)(H,18,19). The number of hydrogen-bond acceptors (Lipinski definition) is 3. The summed E-state index contributed by atoms with van der Waals surface area (Å²) in [6, 6.07) is -0.444. The highest BCUT2D eigenvalue weighted by atomic mass is 16.4. The van der Waals surface area contributed by atoms with Gasteiger partial charge in [-0.1, -0.05) is 0 Å². The van der Waals surface area contributed by atoms with E-state index in [1.807, 2.05) is 6.92 Å². The molecular formula is C14H27N3O3. The van der Waals surface area contributed by atoms with E-state index in [2.05, 4.69) is 17.3 Å². The fourth-order valence-electron chi connectivity index (χ4n) is 2.79. The van der Waals surface area contributed by atoms with Gasteiger partial charge in [-0.25, -0.2) is 4.79 Å². The lowest BCUT2D eigenvalue weighted by Crippen LogP contribution is -2.48.